The lowest BCUT2D eigenvalue weighted by atomic mass is 10.0. The fourth-order valence-corrected chi connectivity index (χ4v) is 5.64. The van der Waals surface area contributed by atoms with Crippen LogP contribution in [0, 0.1) is 0 Å². The van der Waals surface area contributed by atoms with Crippen molar-refractivity contribution in [3.05, 3.63) is 139 Å². The van der Waals surface area contributed by atoms with E-state index >= 15 is 0 Å². The molecule has 12 heteroatoms. The highest BCUT2D eigenvalue weighted by Gasteiger charge is 2.18. The van der Waals surface area contributed by atoms with E-state index < -0.39 is 22.0 Å². The van der Waals surface area contributed by atoms with Gasteiger partial charge in [-0.15, -0.1) is 0 Å². The van der Waals surface area contributed by atoms with E-state index in [1.54, 1.807) is 24.3 Å². The number of nitrogens with one attached hydrogen (secondary N) is 4. The largest absolute Gasteiger partial charge is 0.417 e. The SMILES string of the molecule is CNC(=O)Oc1ccc(S(=O)(=O)c2ccc(OC(=O)Nc3ccc(Cc4ccc(NC(=O)Nc5ccccc5)cc4)cc3)cc2)cc1. The minimum absolute atomic E-state index is 0.000255. The van der Waals surface area contributed by atoms with Crippen LogP contribution in [0.5, 0.6) is 11.5 Å². The molecule has 0 unspecified atom stereocenters. The number of urea groups is 1. The number of para-hydroxylation sites is 1. The number of rotatable bonds is 9. The molecule has 0 heterocycles. The van der Waals surface area contributed by atoms with Crippen molar-refractivity contribution in [3.8, 4) is 11.5 Å². The molecule has 0 saturated heterocycles. The summed E-state index contributed by atoms with van der Waals surface area (Å²) in [5.41, 5.74) is 3.93. The van der Waals surface area contributed by atoms with Crippen molar-refractivity contribution >= 4 is 45.1 Å². The van der Waals surface area contributed by atoms with Gasteiger partial charge in [0.2, 0.25) is 9.84 Å². The smallest absolute Gasteiger partial charge is 0.410 e. The summed E-state index contributed by atoms with van der Waals surface area (Å²) in [5, 5.41) is 10.5. The number of anilines is 3. The van der Waals surface area contributed by atoms with Gasteiger partial charge in [0, 0.05) is 24.1 Å². The summed E-state index contributed by atoms with van der Waals surface area (Å²) in [4.78, 5) is 36.0. The first-order chi connectivity index (χ1) is 22.7. The molecule has 0 saturated carbocycles. The highest BCUT2D eigenvalue weighted by molar-refractivity contribution is 7.91. The Morgan fingerprint density at radius 1 is 0.532 bits per heavy atom. The van der Waals surface area contributed by atoms with Crippen LogP contribution in [0.15, 0.2) is 137 Å². The van der Waals surface area contributed by atoms with Gasteiger partial charge in [0.1, 0.15) is 11.5 Å². The summed E-state index contributed by atoms with van der Waals surface area (Å²) in [5.74, 6) is 0.349. The summed E-state index contributed by atoms with van der Waals surface area (Å²) in [6.07, 6.45) is -0.762. The van der Waals surface area contributed by atoms with Crippen LogP contribution in [0.25, 0.3) is 0 Å². The first kappa shape index (κ1) is 32.3. The quantitative estimate of drug-likeness (QED) is 0.133. The van der Waals surface area contributed by atoms with E-state index in [4.69, 9.17) is 9.47 Å². The normalized spacial score (nSPS) is 10.7. The van der Waals surface area contributed by atoms with Gasteiger partial charge in [-0.05, 0) is 102 Å². The second-order valence-electron chi connectivity index (χ2n) is 10.1. The number of amides is 4. The van der Waals surface area contributed by atoms with Gasteiger partial charge in [-0.1, -0.05) is 42.5 Å². The molecule has 0 radical (unpaired) electrons. The number of ether oxygens (including phenoxy) is 2. The Labute approximate surface area is 271 Å². The van der Waals surface area contributed by atoms with E-state index in [-0.39, 0.29) is 27.3 Å². The Kier molecular flexibility index (Phi) is 10.1. The number of hydrogen-bond acceptors (Lipinski definition) is 7. The van der Waals surface area contributed by atoms with Crippen LogP contribution >= 0.6 is 0 Å². The zero-order valence-electron chi connectivity index (χ0n) is 25.1. The summed E-state index contributed by atoms with van der Waals surface area (Å²) < 4.78 is 36.3. The molecular weight excluding hydrogens is 620 g/mol. The minimum atomic E-state index is -3.86. The molecule has 0 fully saturated rings. The Balaban J connectivity index is 1.10. The Morgan fingerprint density at radius 3 is 1.43 bits per heavy atom. The highest BCUT2D eigenvalue weighted by Crippen LogP contribution is 2.25. The molecule has 4 N–H and O–H groups in total. The van der Waals surface area contributed by atoms with Gasteiger partial charge in [-0.25, -0.2) is 22.8 Å². The Hall–Kier alpha value is -6.14. The lowest BCUT2D eigenvalue weighted by molar-refractivity contribution is 0.203. The Morgan fingerprint density at radius 2 is 0.957 bits per heavy atom. The molecule has 11 nitrogen and oxygen atoms in total. The molecule has 0 aromatic heterocycles. The van der Waals surface area contributed by atoms with Crippen molar-refractivity contribution in [2.24, 2.45) is 0 Å². The maximum atomic E-state index is 13.0. The molecule has 0 bridgehead atoms. The number of carbonyl (C=O) groups excluding carboxylic acids is 3. The van der Waals surface area contributed by atoms with Crippen LogP contribution in [0.3, 0.4) is 0 Å². The Bertz CT molecular complexity index is 1950. The standard InChI is InChI=1S/C35H30N4O7S/c1-36-34(41)45-29-15-19-31(20-16-29)47(43,44)32-21-17-30(18-22-32)46-35(42)39-28-13-9-25(10-14-28)23-24-7-11-27(12-8-24)38-33(40)37-26-5-3-2-4-6-26/h2-22H,23H2,1H3,(H,36,41)(H,39,42)(H2,37,38,40). The molecule has 0 aliphatic heterocycles. The zero-order chi connectivity index (χ0) is 33.2. The third-order valence-electron chi connectivity index (χ3n) is 6.75. The first-order valence-electron chi connectivity index (χ1n) is 14.3. The maximum Gasteiger partial charge on any atom is 0.417 e. The van der Waals surface area contributed by atoms with Gasteiger partial charge < -0.3 is 25.4 Å². The first-order valence-corrected chi connectivity index (χ1v) is 15.8. The van der Waals surface area contributed by atoms with Gasteiger partial charge >= 0.3 is 18.2 Å². The van der Waals surface area contributed by atoms with Gasteiger partial charge in [0.25, 0.3) is 0 Å². The molecule has 4 amide bonds. The van der Waals surface area contributed by atoms with Gasteiger partial charge in [-0.2, -0.15) is 0 Å². The minimum Gasteiger partial charge on any atom is -0.410 e. The number of benzene rings is 5. The molecule has 47 heavy (non-hydrogen) atoms. The fourth-order valence-electron chi connectivity index (χ4n) is 4.38. The van der Waals surface area contributed by atoms with Crippen molar-refractivity contribution in [2.45, 2.75) is 16.2 Å². The van der Waals surface area contributed by atoms with Gasteiger partial charge in [0.15, 0.2) is 0 Å². The van der Waals surface area contributed by atoms with E-state index in [0.717, 1.165) is 11.1 Å². The van der Waals surface area contributed by atoms with Gasteiger partial charge in [-0.3, -0.25) is 5.32 Å². The van der Waals surface area contributed by atoms with E-state index in [0.29, 0.717) is 23.5 Å². The fraction of sp³-hybridized carbons (Fsp3) is 0.0571. The molecule has 0 spiro atoms. The highest BCUT2D eigenvalue weighted by atomic mass is 32.2. The van der Waals surface area contributed by atoms with Crippen molar-refractivity contribution in [1.82, 2.24) is 5.32 Å². The third-order valence-corrected chi connectivity index (χ3v) is 8.53. The molecule has 5 rings (SSSR count). The third kappa shape index (κ3) is 8.96. The zero-order valence-corrected chi connectivity index (χ0v) is 25.9. The average Bonchev–Trinajstić information content (AvgIpc) is 3.07. The molecule has 5 aromatic rings. The molecule has 0 aliphatic rings. The number of sulfone groups is 1. The predicted octanol–water partition coefficient (Wildman–Crippen LogP) is 7.08. The summed E-state index contributed by atoms with van der Waals surface area (Å²) in [7, 11) is -2.45. The van der Waals surface area contributed by atoms with Crippen molar-refractivity contribution in [2.75, 3.05) is 23.0 Å². The predicted molar refractivity (Wildman–Crippen MR) is 178 cm³/mol. The molecular formula is C35H30N4O7S. The molecule has 5 aromatic carbocycles. The van der Waals surface area contributed by atoms with E-state index in [9.17, 15) is 22.8 Å². The van der Waals surface area contributed by atoms with Crippen LogP contribution in [-0.4, -0.2) is 33.7 Å². The van der Waals surface area contributed by atoms with Crippen LogP contribution in [0.1, 0.15) is 11.1 Å². The van der Waals surface area contributed by atoms with Crippen LogP contribution in [0.2, 0.25) is 0 Å². The molecule has 0 atom stereocenters. The van der Waals surface area contributed by atoms with E-state index in [1.165, 1.54) is 55.6 Å². The number of hydrogen-bond donors (Lipinski definition) is 4. The van der Waals surface area contributed by atoms with Crippen LogP contribution in [0.4, 0.5) is 31.4 Å². The molecule has 0 aliphatic carbocycles. The van der Waals surface area contributed by atoms with E-state index in [2.05, 4.69) is 21.3 Å². The summed E-state index contributed by atoms with van der Waals surface area (Å²) >= 11 is 0. The molecule has 238 valence electrons. The monoisotopic (exact) mass is 650 g/mol. The summed E-state index contributed by atoms with van der Waals surface area (Å²) in [6, 6.07) is 34.5. The van der Waals surface area contributed by atoms with Gasteiger partial charge in [0.05, 0.1) is 9.79 Å². The second kappa shape index (κ2) is 14.8. The van der Waals surface area contributed by atoms with Crippen molar-refractivity contribution < 1.29 is 32.3 Å². The second-order valence-corrected chi connectivity index (χ2v) is 12.1. The summed E-state index contributed by atoms with van der Waals surface area (Å²) in [6.45, 7) is 0. The number of carbonyl (C=O) groups is 3. The van der Waals surface area contributed by atoms with Crippen molar-refractivity contribution in [3.63, 3.8) is 0 Å². The van der Waals surface area contributed by atoms with Crippen LogP contribution < -0.4 is 30.7 Å². The topological polar surface area (TPSA) is 152 Å². The van der Waals surface area contributed by atoms with E-state index in [1.807, 2.05) is 54.6 Å². The average molecular weight is 651 g/mol. The maximum absolute atomic E-state index is 13.0. The lowest BCUT2D eigenvalue weighted by Gasteiger charge is -2.10. The lowest BCUT2D eigenvalue weighted by Crippen LogP contribution is -2.22. The van der Waals surface area contributed by atoms with Crippen LogP contribution in [-0.2, 0) is 16.3 Å². The van der Waals surface area contributed by atoms with Crippen molar-refractivity contribution in [1.29, 1.82) is 0 Å².